The van der Waals surface area contributed by atoms with Crippen molar-refractivity contribution in [1.82, 2.24) is 20.4 Å². The van der Waals surface area contributed by atoms with Crippen molar-refractivity contribution >= 4 is 6.03 Å². The largest absolute Gasteiger partial charge is 0.332 e. The highest BCUT2D eigenvalue weighted by Gasteiger charge is 2.19. The molecule has 0 aromatic carbocycles. The number of hydrogen-bond acceptors (Lipinski definition) is 3. The molecule has 20 heavy (non-hydrogen) atoms. The summed E-state index contributed by atoms with van der Waals surface area (Å²) >= 11 is 0. The van der Waals surface area contributed by atoms with E-state index in [-0.39, 0.29) is 11.6 Å². The predicted molar refractivity (Wildman–Crippen MR) is 76.3 cm³/mol. The summed E-state index contributed by atoms with van der Waals surface area (Å²) in [6.45, 7) is 4.19. The molecule has 6 nitrogen and oxygen atoms in total. The molecule has 1 saturated heterocycles. The Kier molecular flexibility index (Phi) is 5.15. The third-order valence-corrected chi connectivity index (χ3v) is 3.87. The summed E-state index contributed by atoms with van der Waals surface area (Å²) in [6, 6.07) is 2.98. The summed E-state index contributed by atoms with van der Waals surface area (Å²) in [5.41, 5.74) is 0.414. The van der Waals surface area contributed by atoms with Gasteiger partial charge in [0.15, 0.2) is 0 Å². The summed E-state index contributed by atoms with van der Waals surface area (Å²) < 4.78 is 0. The van der Waals surface area contributed by atoms with Crippen LogP contribution < -0.4 is 10.9 Å². The molecule has 1 aromatic heterocycles. The van der Waals surface area contributed by atoms with Crippen molar-refractivity contribution in [2.45, 2.75) is 39.2 Å². The lowest BCUT2D eigenvalue weighted by atomic mass is 9.98. The predicted octanol–water partition coefficient (Wildman–Crippen LogP) is 1.49. The van der Waals surface area contributed by atoms with Gasteiger partial charge >= 0.3 is 6.03 Å². The van der Waals surface area contributed by atoms with E-state index in [0.29, 0.717) is 12.2 Å². The van der Waals surface area contributed by atoms with Gasteiger partial charge < -0.3 is 10.2 Å². The monoisotopic (exact) mass is 278 g/mol. The third kappa shape index (κ3) is 4.08. The second-order valence-electron chi connectivity index (χ2n) is 5.26. The average molecular weight is 278 g/mol. The maximum Gasteiger partial charge on any atom is 0.317 e. The van der Waals surface area contributed by atoms with Gasteiger partial charge in [-0.3, -0.25) is 4.79 Å². The fourth-order valence-electron chi connectivity index (χ4n) is 2.53. The molecule has 2 amide bonds. The van der Waals surface area contributed by atoms with Crippen LogP contribution in [0.2, 0.25) is 0 Å². The van der Waals surface area contributed by atoms with Crippen molar-refractivity contribution in [1.29, 1.82) is 0 Å². The molecule has 1 aliphatic heterocycles. The van der Waals surface area contributed by atoms with E-state index in [1.54, 1.807) is 6.07 Å². The van der Waals surface area contributed by atoms with Crippen LogP contribution in [-0.4, -0.2) is 34.2 Å². The lowest BCUT2D eigenvalue weighted by Gasteiger charge is -2.21. The van der Waals surface area contributed by atoms with Gasteiger partial charge in [0, 0.05) is 19.2 Å². The number of hydrogen-bond donors (Lipinski definition) is 2. The number of nitrogens with zero attached hydrogens (tertiary/aromatic N) is 2. The summed E-state index contributed by atoms with van der Waals surface area (Å²) in [7, 11) is 0. The Morgan fingerprint density at radius 2 is 2.30 bits per heavy atom. The summed E-state index contributed by atoms with van der Waals surface area (Å²) in [6.07, 6.45) is 4.56. The number of carbonyl (C=O) groups is 1. The quantitative estimate of drug-likeness (QED) is 0.879. The molecule has 2 N–H and O–H groups in total. The topological polar surface area (TPSA) is 78.1 Å². The number of likely N-dealkylation sites (tertiary alicyclic amines) is 1. The zero-order valence-corrected chi connectivity index (χ0v) is 11.9. The molecule has 2 heterocycles. The van der Waals surface area contributed by atoms with Gasteiger partial charge in [-0.25, -0.2) is 9.89 Å². The zero-order chi connectivity index (χ0) is 14.4. The first-order valence-corrected chi connectivity index (χ1v) is 7.26. The van der Waals surface area contributed by atoms with Crippen molar-refractivity contribution in [2.24, 2.45) is 5.92 Å². The van der Waals surface area contributed by atoms with Gasteiger partial charge in [-0.1, -0.05) is 13.3 Å². The maximum atomic E-state index is 12.1. The molecular formula is C14H22N4O2. The van der Waals surface area contributed by atoms with E-state index in [1.165, 1.54) is 18.9 Å². The minimum Gasteiger partial charge on any atom is -0.332 e. The van der Waals surface area contributed by atoms with Gasteiger partial charge in [-0.2, -0.15) is 5.10 Å². The van der Waals surface area contributed by atoms with E-state index in [9.17, 15) is 9.59 Å². The van der Waals surface area contributed by atoms with Crippen molar-refractivity contribution in [3.05, 3.63) is 28.2 Å². The summed E-state index contributed by atoms with van der Waals surface area (Å²) in [5, 5.41) is 9.08. The van der Waals surface area contributed by atoms with Crippen LogP contribution in [0.1, 0.15) is 38.3 Å². The minimum absolute atomic E-state index is 0.0465. The first-order valence-electron chi connectivity index (χ1n) is 7.26. The standard InChI is InChI=1S/C14H22N4O2/c1-2-11-4-3-8-18(9-7-11)14(20)15-10-12-5-6-13(19)17-16-12/h5-6,11H,2-4,7-10H2,1H3,(H,15,20)(H,17,19). The van der Waals surface area contributed by atoms with E-state index in [1.807, 2.05) is 4.90 Å². The smallest absolute Gasteiger partial charge is 0.317 e. The van der Waals surface area contributed by atoms with Crippen LogP contribution in [0.15, 0.2) is 16.9 Å². The lowest BCUT2D eigenvalue weighted by molar-refractivity contribution is 0.198. The normalized spacial score (nSPS) is 19.4. The Morgan fingerprint density at radius 3 is 3.00 bits per heavy atom. The molecule has 0 radical (unpaired) electrons. The zero-order valence-electron chi connectivity index (χ0n) is 11.9. The lowest BCUT2D eigenvalue weighted by Crippen LogP contribution is -2.40. The summed E-state index contributed by atoms with van der Waals surface area (Å²) in [5.74, 6) is 0.744. The number of aromatic amines is 1. The van der Waals surface area contributed by atoms with Crippen LogP contribution in [0.3, 0.4) is 0 Å². The number of nitrogens with one attached hydrogen (secondary N) is 2. The van der Waals surface area contributed by atoms with E-state index < -0.39 is 0 Å². The van der Waals surface area contributed by atoms with E-state index in [4.69, 9.17) is 0 Å². The number of aromatic nitrogens is 2. The van der Waals surface area contributed by atoms with Crippen LogP contribution >= 0.6 is 0 Å². The van der Waals surface area contributed by atoms with E-state index >= 15 is 0 Å². The fourth-order valence-corrected chi connectivity index (χ4v) is 2.53. The SMILES string of the molecule is CCC1CCCN(C(=O)NCc2ccc(=O)[nH]n2)CC1. The Hall–Kier alpha value is -1.85. The molecule has 0 spiro atoms. The van der Waals surface area contributed by atoms with Crippen molar-refractivity contribution < 1.29 is 4.79 Å². The van der Waals surface area contributed by atoms with Crippen LogP contribution in [0.4, 0.5) is 4.79 Å². The highest BCUT2D eigenvalue weighted by Crippen LogP contribution is 2.20. The molecule has 1 aliphatic rings. The molecule has 1 aromatic rings. The van der Waals surface area contributed by atoms with Gasteiger partial charge in [-0.05, 0) is 31.2 Å². The highest BCUT2D eigenvalue weighted by molar-refractivity contribution is 5.74. The van der Waals surface area contributed by atoms with Crippen molar-refractivity contribution in [3.63, 3.8) is 0 Å². The second-order valence-corrected chi connectivity index (χ2v) is 5.26. The van der Waals surface area contributed by atoms with Crippen LogP contribution in [0.5, 0.6) is 0 Å². The minimum atomic E-state index is -0.238. The molecule has 2 rings (SSSR count). The Balaban J connectivity index is 1.82. The second kappa shape index (κ2) is 7.07. The Bertz CT molecular complexity index is 480. The summed E-state index contributed by atoms with van der Waals surface area (Å²) in [4.78, 5) is 24.9. The fraction of sp³-hybridized carbons (Fsp3) is 0.643. The highest BCUT2D eigenvalue weighted by atomic mass is 16.2. The van der Waals surface area contributed by atoms with Gasteiger partial charge in [0.2, 0.25) is 0 Å². The number of H-pyrrole nitrogens is 1. The van der Waals surface area contributed by atoms with E-state index in [0.717, 1.165) is 31.8 Å². The molecule has 6 heteroatoms. The first kappa shape index (κ1) is 14.6. The molecule has 1 atom stereocenters. The molecule has 1 fully saturated rings. The van der Waals surface area contributed by atoms with E-state index in [2.05, 4.69) is 22.4 Å². The molecule has 110 valence electrons. The average Bonchev–Trinajstić information content (AvgIpc) is 2.72. The van der Waals surface area contributed by atoms with Crippen LogP contribution in [-0.2, 0) is 6.54 Å². The van der Waals surface area contributed by atoms with Crippen LogP contribution in [0, 0.1) is 5.92 Å². The van der Waals surface area contributed by atoms with Gasteiger partial charge in [-0.15, -0.1) is 0 Å². The number of rotatable bonds is 3. The van der Waals surface area contributed by atoms with Crippen molar-refractivity contribution in [2.75, 3.05) is 13.1 Å². The van der Waals surface area contributed by atoms with Gasteiger partial charge in [0.25, 0.3) is 5.56 Å². The molecule has 1 unspecified atom stereocenters. The number of carbonyl (C=O) groups excluding carboxylic acids is 1. The van der Waals surface area contributed by atoms with Crippen molar-refractivity contribution in [3.8, 4) is 0 Å². The third-order valence-electron chi connectivity index (χ3n) is 3.87. The first-order chi connectivity index (χ1) is 9.69. The van der Waals surface area contributed by atoms with Gasteiger partial charge in [0.05, 0.1) is 12.2 Å². The van der Waals surface area contributed by atoms with Gasteiger partial charge in [0.1, 0.15) is 0 Å². The molecule has 0 saturated carbocycles. The molecule has 0 bridgehead atoms. The maximum absolute atomic E-state index is 12.1. The number of urea groups is 1. The molecular weight excluding hydrogens is 256 g/mol. The Morgan fingerprint density at radius 1 is 1.45 bits per heavy atom. The van der Waals surface area contributed by atoms with Crippen LogP contribution in [0.25, 0.3) is 0 Å². The molecule has 0 aliphatic carbocycles. The number of amides is 2. The Labute approximate surface area is 118 Å².